The average Bonchev–Trinajstić information content (AvgIpc) is 2.50. The highest BCUT2D eigenvalue weighted by molar-refractivity contribution is 6.00. The van der Waals surface area contributed by atoms with Gasteiger partial charge in [-0.25, -0.2) is 0 Å². The summed E-state index contributed by atoms with van der Waals surface area (Å²) in [4.78, 5) is 26.4. The summed E-state index contributed by atoms with van der Waals surface area (Å²) in [6.07, 6.45) is 3.02. The summed E-state index contributed by atoms with van der Waals surface area (Å²) in [6, 6.07) is 6.86. The number of rotatable bonds is 5. The molecule has 3 N–H and O–H groups in total. The molecule has 1 heterocycles. The van der Waals surface area contributed by atoms with Crippen molar-refractivity contribution >= 4 is 29.9 Å². The Morgan fingerprint density at radius 1 is 1.39 bits per heavy atom. The van der Waals surface area contributed by atoms with E-state index < -0.39 is 12.1 Å². The van der Waals surface area contributed by atoms with Gasteiger partial charge in [0.05, 0.1) is 6.04 Å². The predicted molar refractivity (Wildman–Crippen MR) is 94.8 cm³/mol. The number of anilines is 1. The molecule has 0 bridgehead atoms. The van der Waals surface area contributed by atoms with Crippen LogP contribution in [-0.2, 0) is 9.59 Å². The Morgan fingerprint density at radius 2 is 2.04 bits per heavy atom. The molecule has 2 amide bonds. The van der Waals surface area contributed by atoms with Crippen LogP contribution in [0.2, 0.25) is 0 Å². The van der Waals surface area contributed by atoms with Crippen LogP contribution < -0.4 is 16.0 Å². The molecule has 5 nitrogen and oxygen atoms in total. The maximum atomic E-state index is 12.6. The first-order chi connectivity index (χ1) is 10.5. The van der Waals surface area contributed by atoms with Crippen LogP contribution in [0.3, 0.4) is 0 Å². The van der Waals surface area contributed by atoms with Crippen molar-refractivity contribution in [1.29, 1.82) is 0 Å². The highest BCUT2D eigenvalue weighted by atomic mass is 35.5. The SMILES string of the molecule is CCCC(N)C(=O)NC1CCCN(c2ccc(C)cc2)C1=O.Cl. The fraction of sp³-hybridized carbons (Fsp3) is 0.529. The van der Waals surface area contributed by atoms with E-state index in [9.17, 15) is 9.59 Å². The summed E-state index contributed by atoms with van der Waals surface area (Å²) in [6.45, 7) is 4.69. The van der Waals surface area contributed by atoms with Gasteiger partial charge in [0.25, 0.3) is 0 Å². The van der Waals surface area contributed by atoms with Crippen LogP contribution in [0.4, 0.5) is 5.69 Å². The first kappa shape index (κ1) is 19.5. The number of hydrogen-bond donors (Lipinski definition) is 2. The minimum absolute atomic E-state index is 0. The molecule has 128 valence electrons. The maximum absolute atomic E-state index is 12.6. The minimum atomic E-state index is -0.535. The Morgan fingerprint density at radius 3 is 2.65 bits per heavy atom. The third-order valence-electron chi connectivity index (χ3n) is 4.04. The minimum Gasteiger partial charge on any atom is -0.343 e. The van der Waals surface area contributed by atoms with Crippen molar-refractivity contribution in [3.8, 4) is 0 Å². The molecule has 1 aromatic rings. The van der Waals surface area contributed by atoms with Crippen molar-refractivity contribution in [3.05, 3.63) is 29.8 Å². The number of piperidine rings is 1. The number of benzene rings is 1. The molecule has 2 atom stereocenters. The molecular formula is C17H26ClN3O2. The molecule has 0 saturated carbocycles. The van der Waals surface area contributed by atoms with E-state index in [2.05, 4.69) is 5.32 Å². The molecule has 1 aromatic carbocycles. The van der Waals surface area contributed by atoms with Crippen molar-refractivity contribution in [2.45, 2.75) is 51.6 Å². The first-order valence-electron chi connectivity index (χ1n) is 7.97. The lowest BCUT2D eigenvalue weighted by molar-refractivity contribution is -0.129. The lowest BCUT2D eigenvalue weighted by atomic mass is 10.0. The Bertz CT molecular complexity index is 533. The largest absolute Gasteiger partial charge is 0.343 e. The van der Waals surface area contributed by atoms with Gasteiger partial charge in [0.15, 0.2) is 0 Å². The molecule has 0 spiro atoms. The number of nitrogens with zero attached hydrogens (tertiary/aromatic N) is 1. The van der Waals surface area contributed by atoms with Gasteiger partial charge >= 0.3 is 0 Å². The highest BCUT2D eigenvalue weighted by Gasteiger charge is 2.31. The van der Waals surface area contributed by atoms with Gasteiger partial charge in [0.1, 0.15) is 6.04 Å². The number of hydrogen-bond acceptors (Lipinski definition) is 3. The molecule has 0 radical (unpaired) electrons. The smallest absolute Gasteiger partial charge is 0.249 e. The summed E-state index contributed by atoms with van der Waals surface area (Å²) in [5, 5.41) is 2.81. The lowest BCUT2D eigenvalue weighted by Gasteiger charge is -2.33. The van der Waals surface area contributed by atoms with E-state index in [0.29, 0.717) is 19.4 Å². The zero-order valence-electron chi connectivity index (χ0n) is 13.7. The Labute approximate surface area is 144 Å². The molecule has 2 unspecified atom stereocenters. The van der Waals surface area contributed by atoms with E-state index in [1.807, 2.05) is 38.1 Å². The van der Waals surface area contributed by atoms with E-state index in [1.165, 1.54) is 0 Å². The van der Waals surface area contributed by atoms with Gasteiger partial charge < -0.3 is 16.0 Å². The number of nitrogens with one attached hydrogen (secondary N) is 1. The van der Waals surface area contributed by atoms with E-state index in [-0.39, 0.29) is 24.2 Å². The molecule has 1 aliphatic heterocycles. The van der Waals surface area contributed by atoms with Gasteiger partial charge in [-0.1, -0.05) is 31.0 Å². The number of halogens is 1. The van der Waals surface area contributed by atoms with E-state index in [4.69, 9.17) is 5.73 Å². The van der Waals surface area contributed by atoms with Crippen molar-refractivity contribution in [2.75, 3.05) is 11.4 Å². The molecular weight excluding hydrogens is 314 g/mol. The fourth-order valence-corrected chi connectivity index (χ4v) is 2.71. The highest BCUT2D eigenvalue weighted by Crippen LogP contribution is 2.21. The zero-order valence-corrected chi connectivity index (χ0v) is 14.6. The second kappa shape index (κ2) is 8.89. The molecule has 1 aliphatic rings. The standard InChI is InChI=1S/C17H25N3O2.ClH/c1-3-5-14(18)16(21)19-15-6-4-11-20(17(15)22)13-9-7-12(2)8-10-13;/h7-10,14-15H,3-6,11,18H2,1-2H3,(H,19,21);1H. The van der Waals surface area contributed by atoms with Crippen molar-refractivity contribution in [1.82, 2.24) is 5.32 Å². The van der Waals surface area contributed by atoms with Crippen LogP contribution in [0.25, 0.3) is 0 Å². The van der Waals surface area contributed by atoms with Crippen molar-refractivity contribution in [2.24, 2.45) is 5.73 Å². The normalized spacial score (nSPS) is 19.0. The summed E-state index contributed by atoms with van der Waals surface area (Å²) >= 11 is 0. The number of carbonyl (C=O) groups excluding carboxylic acids is 2. The first-order valence-corrected chi connectivity index (χ1v) is 7.97. The predicted octanol–water partition coefficient (Wildman–Crippen LogP) is 2.16. The van der Waals surface area contributed by atoms with Gasteiger partial charge in [-0.05, 0) is 38.3 Å². The number of amides is 2. The zero-order chi connectivity index (χ0) is 16.1. The van der Waals surface area contributed by atoms with Crippen LogP contribution in [-0.4, -0.2) is 30.4 Å². The number of carbonyl (C=O) groups is 2. The fourth-order valence-electron chi connectivity index (χ4n) is 2.71. The van der Waals surface area contributed by atoms with Gasteiger partial charge in [-0.15, -0.1) is 12.4 Å². The van der Waals surface area contributed by atoms with Crippen LogP contribution in [0.5, 0.6) is 0 Å². The number of nitrogens with two attached hydrogens (primary N) is 1. The Kier molecular flexibility index (Phi) is 7.52. The quantitative estimate of drug-likeness (QED) is 0.863. The molecule has 23 heavy (non-hydrogen) atoms. The van der Waals surface area contributed by atoms with E-state index >= 15 is 0 Å². The molecule has 2 rings (SSSR count). The summed E-state index contributed by atoms with van der Waals surface area (Å²) in [5.41, 5.74) is 7.85. The monoisotopic (exact) mass is 339 g/mol. The molecule has 0 aliphatic carbocycles. The van der Waals surface area contributed by atoms with Gasteiger partial charge in [0.2, 0.25) is 11.8 Å². The van der Waals surface area contributed by atoms with E-state index in [0.717, 1.165) is 24.1 Å². The van der Waals surface area contributed by atoms with Crippen LogP contribution in [0.15, 0.2) is 24.3 Å². The Hall–Kier alpha value is -1.59. The van der Waals surface area contributed by atoms with Crippen molar-refractivity contribution in [3.63, 3.8) is 0 Å². The third kappa shape index (κ3) is 4.94. The second-order valence-electron chi connectivity index (χ2n) is 5.92. The molecule has 6 heteroatoms. The van der Waals surface area contributed by atoms with Crippen LogP contribution >= 0.6 is 12.4 Å². The molecule has 1 fully saturated rings. The van der Waals surface area contributed by atoms with Crippen LogP contribution in [0.1, 0.15) is 38.2 Å². The summed E-state index contributed by atoms with van der Waals surface area (Å²) in [7, 11) is 0. The van der Waals surface area contributed by atoms with E-state index in [1.54, 1.807) is 4.90 Å². The van der Waals surface area contributed by atoms with Crippen LogP contribution in [0, 0.1) is 6.92 Å². The van der Waals surface area contributed by atoms with Crippen molar-refractivity contribution < 1.29 is 9.59 Å². The lowest BCUT2D eigenvalue weighted by Crippen LogP contribution is -2.55. The van der Waals surface area contributed by atoms with Gasteiger partial charge in [-0.3, -0.25) is 9.59 Å². The molecule has 0 aromatic heterocycles. The van der Waals surface area contributed by atoms with Gasteiger partial charge in [0, 0.05) is 12.2 Å². The van der Waals surface area contributed by atoms with Gasteiger partial charge in [-0.2, -0.15) is 0 Å². The molecule has 1 saturated heterocycles. The second-order valence-corrected chi connectivity index (χ2v) is 5.92. The average molecular weight is 340 g/mol. The Balaban J connectivity index is 0.00000264. The third-order valence-corrected chi connectivity index (χ3v) is 4.04. The number of aryl methyl sites for hydroxylation is 1. The summed E-state index contributed by atoms with van der Waals surface area (Å²) < 4.78 is 0. The maximum Gasteiger partial charge on any atom is 0.249 e. The topological polar surface area (TPSA) is 75.4 Å². The summed E-state index contributed by atoms with van der Waals surface area (Å²) in [5.74, 6) is -0.280.